The zero-order valence-electron chi connectivity index (χ0n) is 21.4. The molecule has 1 aromatic heterocycles. The fourth-order valence-corrected chi connectivity index (χ4v) is 4.49. The van der Waals surface area contributed by atoms with Crippen molar-refractivity contribution in [3.63, 3.8) is 0 Å². The molecule has 1 amide bonds. The molecule has 0 aliphatic carbocycles. The maximum atomic E-state index is 13.6. The van der Waals surface area contributed by atoms with E-state index in [9.17, 15) is 19.2 Å². The molecule has 0 spiro atoms. The number of likely N-dealkylation sites (tertiary alicyclic amines) is 1. The Morgan fingerprint density at radius 2 is 1.76 bits per heavy atom. The average Bonchev–Trinajstić information content (AvgIpc) is 2.91. The molecule has 2 aromatic carbocycles. The molecule has 4 rings (SSSR count). The number of hydrogen-bond acceptors (Lipinski definition) is 6. The Morgan fingerprint density at radius 3 is 2.41 bits per heavy atom. The molecule has 37 heavy (non-hydrogen) atoms. The lowest BCUT2D eigenvalue weighted by Crippen LogP contribution is -2.49. The molecule has 1 fully saturated rings. The number of hydrogen-bond donors (Lipinski definition) is 0. The molecule has 1 aliphatic heterocycles. The van der Waals surface area contributed by atoms with Crippen LogP contribution in [0.4, 0.5) is 0 Å². The van der Waals surface area contributed by atoms with Gasteiger partial charge in [0.05, 0.1) is 24.8 Å². The predicted molar refractivity (Wildman–Crippen MR) is 139 cm³/mol. The van der Waals surface area contributed by atoms with E-state index in [-0.39, 0.29) is 31.4 Å². The van der Waals surface area contributed by atoms with Crippen LogP contribution in [0.25, 0.3) is 5.69 Å². The highest BCUT2D eigenvalue weighted by Crippen LogP contribution is 2.19. The van der Waals surface area contributed by atoms with Crippen LogP contribution in [-0.4, -0.2) is 50.8 Å². The van der Waals surface area contributed by atoms with Crippen molar-refractivity contribution in [1.29, 1.82) is 0 Å². The molecule has 194 valence electrons. The van der Waals surface area contributed by atoms with E-state index < -0.39 is 23.1 Å². The summed E-state index contributed by atoms with van der Waals surface area (Å²) in [4.78, 5) is 54.3. The summed E-state index contributed by atoms with van der Waals surface area (Å²) in [5.41, 5.74) is 0.538. The summed E-state index contributed by atoms with van der Waals surface area (Å²) in [5, 5.41) is 4.26. The van der Waals surface area contributed by atoms with E-state index in [2.05, 4.69) is 18.9 Å². The van der Waals surface area contributed by atoms with Crippen LogP contribution in [-0.2, 0) is 16.1 Å². The molecule has 1 atom stereocenters. The van der Waals surface area contributed by atoms with Gasteiger partial charge in [0.1, 0.15) is 0 Å². The predicted octanol–water partition coefficient (Wildman–Crippen LogP) is 2.98. The van der Waals surface area contributed by atoms with Gasteiger partial charge in [-0.2, -0.15) is 9.78 Å². The van der Waals surface area contributed by atoms with Gasteiger partial charge >= 0.3 is 11.7 Å². The second kappa shape index (κ2) is 11.4. The molecular weight excluding hydrogens is 472 g/mol. The normalized spacial score (nSPS) is 15.6. The van der Waals surface area contributed by atoms with Gasteiger partial charge in [-0.3, -0.25) is 19.0 Å². The number of piperidine rings is 1. The van der Waals surface area contributed by atoms with Crippen LogP contribution < -0.4 is 11.2 Å². The van der Waals surface area contributed by atoms with Crippen molar-refractivity contribution >= 4 is 11.9 Å². The topological polar surface area (TPSA) is 104 Å². The van der Waals surface area contributed by atoms with Crippen molar-refractivity contribution in [2.45, 2.75) is 46.1 Å². The number of aromatic nitrogens is 3. The van der Waals surface area contributed by atoms with Gasteiger partial charge in [-0.15, -0.1) is 0 Å². The van der Waals surface area contributed by atoms with Crippen LogP contribution in [0.1, 0.15) is 61.1 Å². The fourth-order valence-electron chi connectivity index (χ4n) is 4.49. The van der Waals surface area contributed by atoms with E-state index in [0.29, 0.717) is 31.0 Å². The Bertz CT molecular complexity index is 1380. The number of nitrogens with zero attached hydrogens (tertiary/aromatic N) is 4. The molecule has 1 unspecified atom stereocenters. The third kappa shape index (κ3) is 5.71. The standard InChI is InChI=1S/C28H32N4O5/c1-4-37-27(35)22-11-8-16-30(18-22)25(33)24-26(34)31(17-20-9-6-5-7-10-20)28(36)32(29-24)23-14-12-21(13-15-23)19(2)3/h5-7,9-10,12-15,19,22H,4,8,11,16-18H2,1-3H3. The first-order valence-electron chi connectivity index (χ1n) is 12.6. The van der Waals surface area contributed by atoms with Crippen molar-refractivity contribution in [2.75, 3.05) is 19.7 Å². The van der Waals surface area contributed by atoms with Gasteiger partial charge in [0.2, 0.25) is 5.69 Å². The Balaban J connectivity index is 1.78. The fraction of sp³-hybridized carbons (Fsp3) is 0.393. The lowest BCUT2D eigenvalue weighted by atomic mass is 9.98. The number of benzene rings is 2. The lowest BCUT2D eigenvalue weighted by molar-refractivity contribution is -0.149. The molecule has 0 bridgehead atoms. The summed E-state index contributed by atoms with van der Waals surface area (Å²) in [5.74, 6) is -1.12. The van der Waals surface area contributed by atoms with Crippen molar-refractivity contribution in [3.8, 4) is 5.69 Å². The molecule has 1 aliphatic rings. The first-order valence-corrected chi connectivity index (χ1v) is 12.6. The summed E-state index contributed by atoms with van der Waals surface area (Å²) in [6, 6.07) is 16.4. The Kier molecular flexibility index (Phi) is 8.01. The van der Waals surface area contributed by atoms with Crippen LogP contribution in [0.5, 0.6) is 0 Å². The summed E-state index contributed by atoms with van der Waals surface area (Å²) < 4.78 is 7.29. The van der Waals surface area contributed by atoms with Gasteiger partial charge in [-0.25, -0.2) is 4.79 Å². The number of rotatable bonds is 7. The number of amides is 1. The summed E-state index contributed by atoms with van der Waals surface area (Å²) in [6.07, 6.45) is 1.21. The third-order valence-electron chi connectivity index (χ3n) is 6.58. The van der Waals surface area contributed by atoms with E-state index in [1.54, 1.807) is 19.1 Å². The summed E-state index contributed by atoms with van der Waals surface area (Å²) >= 11 is 0. The molecular formula is C28H32N4O5. The highest BCUT2D eigenvalue weighted by Gasteiger charge is 2.32. The highest BCUT2D eigenvalue weighted by molar-refractivity contribution is 5.92. The van der Waals surface area contributed by atoms with Gasteiger partial charge < -0.3 is 9.64 Å². The molecule has 0 saturated carbocycles. The number of carbonyl (C=O) groups excluding carboxylic acids is 2. The first-order chi connectivity index (χ1) is 17.8. The molecule has 3 aromatic rings. The van der Waals surface area contributed by atoms with Crippen molar-refractivity contribution in [2.24, 2.45) is 5.92 Å². The molecule has 0 radical (unpaired) electrons. The highest BCUT2D eigenvalue weighted by atomic mass is 16.5. The van der Waals surface area contributed by atoms with E-state index in [4.69, 9.17) is 4.74 Å². The van der Waals surface area contributed by atoms with Crippen LogP contribution >= 0.6 is 0 Å². The maximum Gasteiger partial charge on any atom is 0.352 e. The van der Waals surface area contributed by atoms with Crippen molar-refractivity contribution < 1.29 is 14.3 Å². The quantitative estimate of drug-likeness (QED) is 0.459. The van der Waals surface area contributed by atoms with Gasteiger partial charge in [-0.05, 0) is 48.9 Å². The Hall–Kier alpha value is -4.01. The number of carbonyl (C=O) groups is 2. The summed E-state index contributed by atoms with van der Waals surface area (Å²) in [7, 11) is 0. The van der Waals surface area contributed by atoms with Gasteiger partial charge in [0, 0.05) is 13.1 Å². The van der Waals surface area contributed by atoms with Crippen molar-refractivity contribution in [1.82, 2.24) is 19.2 Å². The minimum absolute atomic E-state index is 0.00314. The Labute approximate surface area is 215 Å². The minimum Gasteiger partial charge on any atom is -0.466 e. The first kappa shape index (κ1) is 26.1. The van der Waals surface area contributed by atoms with Gasteiger partial charge in [0.15, 0.2) is 0 Å². The SMILES string of the molecule is CCOC(=O)C1CCCN(C(=O)c2nn(-c3ccc(C(C)C)cc3)c(=O)n(Cc3ccccc3)c2=O)C1. The number of ether oxygens (including phenoxy) is 1. The van der Waals surface area contributed by atoms with Crippen LogP contribution in [0.2, 0.25) is 0 Å². The van der Waals surface area contributed by atoms with Crippen LogP contribution in [0.15, 0.2) is 64.2 Å². The van der Waals surface area contributed by atoms with Crippen LogP contribution in [0, 0.1) is 5.92 Å². The number of esters is 1. The second-order valence-electron chi connectivity index (χ2n) is 9.51. The smallest absolute Gasteiger partial charge is 0.352 e. The molecule has 1 saturated heterocycles. The largest absolute Gasteiger partial charge is 0.466 e. The molecule has 9 nitrogen and oxygen atoms in total. The maximum absolute atomic E-state index is 13.6. The second-order valence-corrected chi connectivity index (χ2v) is 9.51. The van der Waals surface area contributed by atoms with Gasteiger partial charge in [0.25, 0.3) is 11.5 Å². The molecule has 0 N–H and O–H groups in total. The lowest BCUT2D eigenvalue weighted by Gasteiger charge is -2.31. The Morgan fingerprint density at radius 1 is 1.05 bits per heavy atom. The van der Waals surface area contributed by atoms with E-state index >= 15 is 0 Å². The third-order valence-corrected chi connectivity index (χ3v) is 6.58. The zero-order chi connectivity index (χ0) is 26.5. The zero-order valence-corrected chi connectivity index (χ0v) is 21.4. The minimum atomic E-state index is -0.757. The monoisotopic (exact) mass is 504 g/mol. The summed E-state index contributed by atoms with van der Waals surface area (Å²) in [6.45, 7) is 6.65. The van der Waals surface area contributed by atoms with Crippen molar-refractivity contribution in [3.05, 3.63) is 92.3 Å². The van der Waals surface area contributed by atoms with E-state index in [1.807, 2.05) is 42.5 Å². The van der Waals surface area contributed by atoms with E-state index in [1.165, 1.54) is 4.90 Å². The average molecular weight is 505 g/mol. The van der Waals surface area contributed by atoms with Gasteiger partial charge in [-0.1, -0.05) is 56.3 Å². The van der Waals surface area contributed by atoms with Crippen LogP contribution in [0.3, 0.4) is 0 Å². The molecule has 2 heterocycles. The van der Waals surface area contributed by atoms with E-state index in [0.717, 1.165) is 20.4 Å². The molecule has 9 heteroatoms.